The summed E-state index contributed by atoms with van der Waals surface area (Å²) in [7, 11) is 3.35. The van der Waals surface area contributed by atoms with Crippen LogP contribution in [0.2, 0.25) is 0 Å². The van der Waals surface area contributed by atoms with Crippen LogP contribution in [0.3, 0.4) is 0 Å². The maximum absolute atomic E-state index is 12.1. The van der Waals surface area contributed by atoms with Gasteiger partial charge in [0.25, 0.3) is 5.91 Å². The molecule has 0 saturated carbocycles. The minimum atomic E-state index is -0.0284. The quantitative estimate of drug-likeness (QED) is 0.855. The van der Waals surface area contributed by atoms with Crippen molar-refractivity contribution < 1.29 is 9.53 Å². The Kier molecular flexibility index (Phi) is 4.35. The molecule has 0 aromatic heterocycles. The summed E-state index contributed by atoms with van der Waals surface area (Å²) in [6.45, 7) is 3.95. The van der Waals surface area contributed by atoms with E-state index in [0.717, 1.165) is 4.47 Å². The van der Waals surface area contributed by atoms with Crippen molar-refractivity contribution in [2.24, 2.45) is 0 Å². The number of hydrogen-bond acceptors (Lipinski definition) is 2. The Morgan fingerprint density at radius 2 is 2.06 bits per heavy atom. The van der Waals surface area contributed by atoms with Crippen molar-refractivity contribution in [2.45, 2.75) is 19.9 Å². The van der Waals surface area contributed by atoms with Crippen LogP contribution in [-0.4, -0.2) is 31.0 Å². The fourth-order valence-electron chi connectivity index (χ4n) is 1.27. The van der Waals surface area contributed by atoms with E-state index in [0.29, 0.717) is 11.3 Å². The number of carbonyl (C=O) groups is 1. The van der Waals surface area contributed by atoms with Crippen molar-refractivity contribution in [3.8, 4) is 5.75 Å². The first kappa shape index (κ1) is 13.0. The average Bonchev–Trinajstić information content (AvgIpc) is 2.26. The molecular formula is C12H16BrNO2. The highest BCUT2D eigenvalue weighted by Crippen LogP contribution is 2.24. The second-order valence-electron chi connectivity index (χ2n) is 3.85. The molecule has 1 rings (SSSR count). The molecule has 0 atom stereocenters. The van der Waals surface area contributed by atoms with Crippen LogP contribution >= 0.6 is 15.9 Å². The molecule has 0 heterocycles. The van der Waals surface area contributed by atoms with Crippen LogP contribution in [0.5, 0.6) is 5.75 Å². The molecule has 0 saturated heterocycles. The lowest BCUT2D eigenvalue weighted by atomic mass is 10.1. The number of rotatable bonds is 3. The van der Waals surface area contributed by atoms with Gasteiger partial charge in [-0.1, -0.05) is 15.9 Å². The topological polar surface area (TPSA) is 29.5 Å². The highest BCUT2D eigenvalue weighted by Gasteiger charge is 2.18. The zero-order chi connectivity index (χ0) is 12.3. The maximum Gasteiger partial charge on any atom is 0.257 e. The first-order valence-electron chi connectivity index (χ1n) is 5.08. The second kappa shape index (κ2) is 5.34. The van der Waals surface area contributed by atoms with E-state index < -0.39 is 0 Å². The first-order valence-corrected chi connectivity index (χ1v) is 5.87. The van der Waals surface area contributed by atoms with Gasteiger partial charge in [0.15, 0.2) is 0 Å². The van der Waals surface area contributed by atoms with E-state index in [1.807, 2.05) is 19.9 Å². The number of carbonyl (C=O) groups excluding carboxylic acids is 1. The largest absolute Gasteiger partial charge is 0.496 e. The lowest BCUT2D eigenvalue weighted by Gasteiger charge is -2.22. The Labute approximate surface area is 105 Å². The van der Waals surface area contributed by atoms with Crippen LogP contribution < -0.4 is 4.74 Å². The fraction of sp³-hybridized carbons (Fsp3) is 0.417. The first-order chi connectivity index (χ1) is 7.47. The highest BCUT2D eigenvalue weighted by atomic mass is 79.9. The summed E-state index contributed by atoms with van der Waals surface area (Å²) in [5, 5.41) is 0. The van der Waals surface area contributed by atoms with Crippen molar-refractivity contribution in [3.05, 3.63) is 28.2 Å². The van der Waals surface area contributed by atoms with Crippen LogP contribution in [0, 0.1) is 0 Å². The molecule has 1 aromatic rings. The fourth-order valence-corrected chi connectivity index (χ4v) is 1.61. The van der Waals surface area contributed by atoms with Crippen LogP contribution in [0.4, 0.5) is 0 Å². The summed E-state index contributed by atoms with van der Waals surface area (Å²) in [6, 6.07) is 5.57. The van der Waals surface area contributed by atoms with Gasteiger partial charge in [0.1, 0.15) is 5.75 Å². The van der Waals surface area contributed by atoms with E-state index in [-0.39, 0.29) is 11.9 Å². The molecule has 0 aliphatic carbocycles. The van der Waals surface area contributed by atoms with Crippen molar-refractivity contribution in [1.82, 2.24) is 4.90 Å². The molecule has 16 heavy (non-hydrogen) atoms. The van der Waals surface area contributed by atoms with Crippen LogP contribution in [0.25, 0.3) is 0 Å². The molecule has 0 unspecified atom stereocenters. The Bertz CT molecular complexity index is 391. The normalized spacial score (nSPS) is 10.4. The molecule has 0 aliphatic rings. The molecule has 0 spiro atoms. The molecular weight excluding hydrogens is 270 g/mol. The highest BCUT2D eigenvalue weighted by molar-refractivity contribution is 9.10. The number of ether oxygens (including phenoxy) is 1. The van der Waals surface area contributed by atoms with E-state index in [4.69, 9.17) is 4.74 Å². The van der Waals surface area contributed by atoms with Crippen LogP contribution in [0.15, 0.2) is 22.7 Å². The molecule has 0 N–H and O–H groups in total. The Morgan fingerprint density at radius 3 is 2.56 bits per heavy atom. The monoisotopic (exact) mass is 285 g/mol. The van der Waals surface area contributed by atoms with Gasteiger partial charge in [0, 0.05) is 17.6 Å². The predicted molar refractivity (Wildman–Crippen MR) is 67.9 cm³/mol. The van der Waals surface area contributed by atoms with Crippen molar-refractivity contribution >= 4 is 21.8 Å². The minimum Gasteiger partial charge on any atom is -0.496 e. The third kappa shape index (κ3) is 2.76. The summed E-state index contributed by atoms with van der Waals surface area (Å²) in [5.41, 5.74) is 0.585. The van der Waals surface area contributed by atoms with Gasteiger partial charge in [-0.3, -0.25) is 4.79 Å². The lowest BCUT2D eigenvalue weighted by Crippen LogP contribution is -2.33. The number of halogens is 1. The van der Waals surface area contributed by atoms with Crippen molar-refractivity contribution in [3.63, 3.8) is 0 Å². The summed E-state index contributed by atoms with van der Waals surface area (Å²) in [5.74, 6) is 0.561. The molecule has 4 heteroatoms. The van der Waals surface area contributed by atoms with Crippen molar-refractivity contribution in [1.29, 1.82) is 0 Å². The molecule has 0 fully saturated rings. The van der Waals surface area contributed by atoms with Gasteiger partial charge in [0.05, 0.1) is 12.7 Å². The van der Waals surface area contributed by atoms with Gasteiger partial charge in [-0.25, -0.2) is 0 Å². The van der Waals surface area contributed by atoms with Gasteiger partial charge in [-0.2, -0.15) is 0 Å². The smallest absolute Gasteiger partial charge is 0.257 e. The zero-order valence-corrected chi connectivity index (χ0v) is 11.5. The zero-order valence-electron chi connectivity index (χ0n) is 9.95. The molecule has 1 aromatic carbocycles. The molecule has 3 nitrogen and oxygen atoms in total. The third-order valence-electron chi connectivity index (χ3n) is 2.49. The number of hydrogen-bond donors (Lipinski definition) is 0. The SMILES string of the molecule is COc1cc(Br)ccc1C(=O)N(C)C(C)C. The molecule has 0 bridgehead atoms. The predicted octanol–water partition coefficient (Wildman–Crippen LogP) is 2.94. The van der Waals surface area contributed by atoms with E-state index in [2.05, 4.69) is 15.9 Å². The van der Waals surface area contributed by atoms with Crippen LogP contribution in [0.1, 0.15) is 24.2 Å². The number of amides is 1. The lowest BCUT2D eigenvalue weighted by molar-refractivity contribution is 0.0751. The maximum atomic E-state index is 12.1. The molecule has 0 aliphatic heterocycles. The Balaban J connectivity index is 3.08. The van der Waals surface area contributed by atoms with Gasteiger partial charge < -0.3 is 9.64 Å². The van der Waals surface area contributed by atoms with Gasteiger partial charge in [0.2, 0.25) is 0 Å². The van der Waals surface area contributed by atoms with Crippen molar-refractivity contribution in [2.75, 3.05) is 14.2 Å². The van der Waals surface area contributed by atoms with Crippen LogP contribution in [-0.2, 0) is 0 Å². The number of benzene rings is 1. The van der Waals surface area contributed by atoms with Gasteiger partial charge in [-0.15, -0.1) is 0 Å². The third-order valence-corrected chi connectivity index (χ3v) is 2.98. The average molecular weight is 286 g/mol. The van der Waals surface area contributed by atoms with E-state index in [1.54, 1.807) is 31.2 Å². The molecule has 0 radical (unpaired) electrons. The number of methoxy groups -OCH3 is 1. The molecule has 88 valence electrons. The number of nitrogens with zero attached hydrogens (tertiary/aromatic N) is 1. The Hall–Kier alpha value is -1.03. The summed E-state index contributed by atoms with van der Waals surface area (Å²) >= 11 is 3.35. The van der Waals surface area contributed by atoms with Gasteiger partial charge >= 0.3 is 0 Å². The standard InChI is InChI=1S/C12H16BrNO2/c1-8(2)14(3)12(15)10-6-5-9(13)7-11(10)16-4/h5-8H,1-4H3. The second-order valence-corrected chi connectivity index (χ2v) is 4.77. The summed E-state index contributed by atoms with van der Waals surface area (Å²) in [6.07, 6.45) is 0. The van der Waals surface area contributed by atoms with E-state index in [9.17, 15) is 4.79 Å². The molecule has 1 amide bonds. The summed E-state index contributed by atoms with van der Waals surface area (Å²) in [4.78, 5) is 13.8. The Morgan fingerprint density at radius 1 is 1.44 bits per heavy atom. The van der Waals surface area contributed by atoms with E-state index >= 15 is 0 Å². The van der Waals surface area contributed by atoms with Gasteiger partial charge in [-0.05, 0) is 32.0 Å². The van der Waals surface area contributed by atoms with E-state index in [1.165, 1.54) is 0 Å². The summed E-state index contributed by atoms with van der Waals surface area (Å²) < 4.78 is 6.10. The minimum absolute atomic E-state index is 0.0284.